The van der Waals surface area contributed by atoms with E-state index in [1.807, 2.05) is 30.3 Å². The van der Waals surface area contributed by atoms with Crippen LogP contribution in [0.25, 0.3) is 0 Å². The van der Waals surface area contributed by atoms with E-state index in [0.29, 0.717) is 23.3 Å². The molecule has 1 radical (unpaired) electrons. The smallest absolute Gasteiger partial charge is 0.0487 e. The van der Waals surface area contributed by atoms with Gasteiger partial charge in [-0.1, -0.05) is 39.7 Å². The standard InChI is InChI=1S/C21H23BrClO.Y/c22-21-12-10-18(15-24-14-17-5-2-1-3-6-17)20(21)11-9-16-7-4-8-19(23)13-16;/h1-2,4-8,13,18,20-21H,9-12,14-15H2;/q-1;/t18-,20-,21?;/m1./s1. The van der Waals surface area contributed by atoms with E-state index in [1.165, 1.54) is 30.4 Å². The van der Waals surface area contributed by atoms with Crippen molar-refractivity contribution in [3.63, 3.8) is 0 Å². The molecule has 4 heteroatoms. The number of benzene rings is 2. The molecule has 1 aliphatic carbocycles. The Bertz CT molecular complexity index is 637. The number of hydrogen-bond donors (Lipinski definition) is 0. The minimum absolute atomic E-state index is 0. The predicted octanol–water partition coefficient (Wildman–Crippen LogP) is 6.08. The predicted molar refractivity (Wildman–Crippen MR) is 104 cm³/mol. The van der Waals surface area contributed by atoms with Crippen molar-refractivity contribution >= 4 is 27.5 Å². The first-order chi connectivity index (χ1) is 11.7. The quantitative estimate of drug-likeness (QED) is 0.334. The number of hydrogen-bond acceptors (Lipinski definition) is 1. The average Bonchev–Trinajstić information content (AvgIpc) is 2.94. The molecule has 0 N–H and O–H groups in total. The molecular weight excluding hydrogens is 472 g/mol. The van der Waals surface area contributed by atoms with E-state index < -0.39 is 0 Å². The van der Waals surface area contributed by atoms with E-state index in [-0.39, 0.29) is 32.7 Å². The van der Waals surface area contributed by atoms with E-state index >= 15 is 0 Å². The van der Waals surface area contributed by atoms with E-state index in [2.05, 4.69) is 40.2 Å². The SMILES string of the molecule is Clc1cccc(CC[C@H]2C(Br)CC[C@@H]2COCc2c[c-]ccc2)c1.[Y]. The third-order valence-electron chi connectivity index (χ3n) is 4.91. The summed E-state index contributed by atoms with van der Waals surface area (Å²) in [4.78, 5) is 0.607. The first-order valence-corrected chi connectivity index (χ1v) is 9.93. The number of aryl methyl sites for hydroxylation is 1. The Morgan fingerprint density at radius 2 is 2.00 bits per heavy atom. The number of ether oxygens (including phenoxy) is 1. The maximum Gasteiger partial charge on any atom is 0.0487 e. The third-order valence-corrected chi connectivity index (χ3v) is 6.28. The second-order valence-corrected chi connectivity index (χ2v) is 8.23. The van der Waals surface area contributed by atoms with Gasteiger partial charge in [0.25, 0.3) is 0 Å². The molecule has 0 saturated heterocycles. The van der Waals surface area contributed by atoms with Crippen LogP contribution in [-0.2, 0) is 50.5 Å². The van der Waals surface area contributed by atoms with Crippen molar-refractivity contribution in [3.8, 4) is 0 Å². The summed E-state index contributed by atoms with van der Waals surface area (Å²) in [7, 11) is 0. The van der Waals surface area contributed by atoms with Crippen LogP contribution in [0, 0.1) is 17.9 Å². The fourth-order valence-corrected chi connectivity index (χ4v) is 4.77. The Labute approximate surface area is 189 Å². The molecule has 1 unspecified atom stereocenters. The van der Waals surface area contributed by atoms with Crippen molar-refractivity contribution in [3.05, 3.63) is 70.7 Å². The van der Waals surface area contributed by atoms with Gasteiger partial charge in [-0.2, -0.15) is 30.3 Å². The van der Waals surface area contributed by atoms with Crippen molar-refractivity contribution < 1.29 is 37.4 Å². The van der Waals surface area contributed by atoms with Crippen LogP contribution in [0.1, 0.15) is 30.4 Å². The summed E-state index contributed by atoms with van der Waals surface area (Å²) in [6.45, 7) is 1.53. The molecule has 0 aliphatic heterocycles. The fourth-order valence-electron chi connectivity index (χ4n) is 3.59. The molecule has 0 spiro atoms. The summed E-state index contributed by atoms with van der Waals surface area (Å²) in [5.74, 6) is 1.31. The van der Waals surface area contributed by atoms with E-state index in [0.717, 1.165) is 18.1 Å². The molecule has 1 saturated carbocycles. The van der Waals surface area contributed by atoms with Gasteiger partial charge >= 0.3 is 0 Å². The fraction of sp³-hybridized carbons (Fsp3) is 0.429. The molecule has 1 aliphatic rings. The van der Waals surface area contributed by atoms with Crippen molar-refractivity contribution in [2.45, 2.75) is 37.1 Å². The second kappa shape index (κ2) is 11.2. The molecule has 3 atom stereocenters. The Morgan fingerprint density at radius 3 is 2.76 bits per heavy atom. The maximum atomic E-state index is 6.09. The zero-order valence-corrected chi connectivity index (χ0v) is 19.5. The van der Waals surface area contributed by atoms with Crippen molar-refractivity contribution in [2.24, 2.45) is 11.8 Å². The molecule has 25 heavy (non-hydrogen) atoms. The molecule has 1 fully saturated rings. The first kappa shape index (κ1) is 21.6. The molecule has 2 aromatic carbocycles. The van der Waals surface area contributed by atoms with Crippen molar-refractivity contribution in [1.29, 1.82) is 0 Å². The van der Waals surface area contributed by atoms with Crippen molar-refractivity contribution in [2.75, 3.05) is 6.61 Å². The van der Waals surface area contributed by atoms with Crippen LogP contribution >= 0.6 is 27.5 Å². The van der Waals surface area contributed by atoms with Crippen LogP contribution < -0.4 is 0 Å². The summed E-state index contributed by atoms with van der Waals surface area (Å²) in [5.41, 5.74) is 2.52. The summed E-state index contributed by atoms with van der Waals surface area (Å²) >= 11 is 9.98. The average molecular weight is 496 g/mol. The zero-order chi connectivity index (χ0) is 16.8. The summed E-state index contributed by atoms with van der Waals surface area (Å²) in [6, 6.07) is 19.3. The molecule has 0 heterocycles. The number of alkyl halides is 1. The molecule has 1 nitrogen and oxygen atoms in total. The van der Waals surface area contributed by atoms with Crippen LogP contribution in [-0.4, -0.2) is 11.4 Å². The molecule has 131 valence electrons. The minimum Gasteiger partial charge on any atom is -0.389 e. The van der Waals surface area contributed by atoms with Crippen LogP contribution in [0.15, 0.2) is 48.5 Å². The van der Waals surface area contributed by atoms with Crippen LogP contribution in [0.5, 0.6) is 0 Å². The molecule has 2 aromatic rings. The van der Waals surface area contributed by atoms with Gasteiger partial charge in [0, 0.05) is 55.8 Å². The second-order valence-electron chi connectivity index (χ2n) is 6.61. The molecule has 3 rings (SSSR count). The van der Waals surface area contributed by atoms with Crippen LogP contribution in [0.3, 0.4) is 0 Å². The number of rotatable bonds is 7. The van der Waals surface area contributed by atoms with Gasteiger partial charge < -0.3 is 4.74 Å². The van der Waals surface area contributed by atoms with Gasteiger partial charge in [-0.15, -0.1) is 5.56 Å². The van der Waals surface area contributed by atoms with Gasteiger partial charge in [0.2, 0.25) is 0 Å². The van der Waals surface area contributed by atoms with Crippen LogP contribution in [0.4, 0.5) is 0 Å². The summed E-state index contributed by atoms with van der Waals surface area (Å²) in [6.07, 6.45) is 4.76. The topological polar surface area (TPSA) is 9.23 Å². The van der Waals surface area contributed by atoms with E-state index in [9.17, 15) is 0 Å². The molecule has 0 amide bonds. The minimum atomic E-state index is 0. The third kappa shape index (κ3) is 6.74. The normalized spacial score (nSPS) is 22.6. The van der Waals surface area contributed by atoms with Crippen molar-refractivity contribution in [1.82, 2.24) is 0 Å². The molecule has 0 aromatic heterocycles. The van der Waals surface area contributed by atoms with Gasteiger partial charge in [0.15, 0.2) is 0 Å². The van der Waals surface area contributed by atoms with Gasteiger partial charge in [0.05, 0.1) is 0 Å². The monoisotopic (exact) mass is 494 g/mol. The first-order valence-electron chi connectivity index (χ1n) is 8.63. The van der Waals surface area contributed by atoms with Gasteiger partial charge in [-0.3, -0.25) is 0 Å². The van der Waals surface area contributed by atoms with Gasteiger partial charge in [0.1, 0.15) is 0 Å². The molecular formula is C21H23BrClOY-. The Balaban J connectivity index is 0.00000225. The maximum absolute atomic E-state index is 6.09. The number of halogens is 2. The Hall–Kier alpha value is 0.274. The van der Waals surface area contributed by atoms with Gasteiger partial charge in [-0.05, 0) is 55.2 Å². The molecule has 0 bridgehead atoms. The van der Waals surface area contributed by atoms with Crippen LogP contribution in [0.2, 0.25) is 5.02 Å². The summed E-state index contributed by atoms with van der Waals surface area (Å²) in [5, 5.41) is 0.828. The zero-order valence-electron chi connectivity index (χ0n) is 14.3. The van der Waals surface area contributed by atoms with E-state index in [1.54, 1.807) is 0 Å². The Morgan fingerprint density at radius 1 is 1.16 bits per heavy atom. The summed E-state index contributed by atoms with van der Waals surface area (Å²) < 4.78 is 5.99. The Kier molecular flexibility index (Phi) is 9.66. The van der Waals surface area contributed by atoms with Gasteiger partial charge in [-0.25, -0.2) is 0 Å². The van der Waals surface area contributed by atoms with E-state index in [4.69, 9.17) is 16.3 Å². The largest absolute Gasteiger partial charge is 0.389 e.